The van der Waals surface area contributed by atoms with Gasteiger partial charge in [-0.05, 0) is 24.6 Å². The van der Waals surface area contributed by atoms with E-state index >= 15 is 0 Å². The van der Waals surface area contributed by atoms with Crippen LogP contribution in [0.3, 0.4) is 0 Å². The van der Waals surface area contributed by atoms with Crippen LogP contribution in [0.15, 0.2) is 24.3 Å². The Morgan fingerprint density at radius 3 is 2.25 bits per heavy atom. The predicted molar refractivity (Wildman–Crippen MR) is 69.2 cm³/mol. The Morgan fingerprint density at radius 2 is 1.85 bits per heavy atom. The minimum Gasteiger partial charge on any atom is -0.478 e. The van der Waals surface area contributed by atoms with Crippen molar-refractivity contribution < 1.29 is 28.2 Å². The molecule has 8 heteroatoms. The van der Waals surface area contributed by atoms with Crippen LogP contribution >= 0.6 is 12.4 Å². The monoisotopic (exact) mass is 309 g/mol. The van der Waals surface area contributed by atoms with Crippen molar-refractivity contribution in [3.05, 3.63) is 35.4 Å². The highest BCUT2D eigenvalue weighted by atomic mass is 35.5. The Morgan fingerprint density at radius 1 is 1.35 bits per heavy atom. The van der Waals surface area contributed by atoms with Gasteiger partial charge in [0, 0.05) is 0 Å². The van der Waals surface area contributed by atoms with Crippen LogP contribution in [-0.2, 0) is 9.53 Å². The molecule has 0 fully saturated rings. The van der Waals surface area contributed by atoms with Gasteiger partial charge in [-0.1, -0.05) is 12.1 Å². The molecule has 5 nitrogen and oxygen atoms in total. The minimum absolute atomic E-state index is 0. The Kier molecular flexibility index (Phi) is 6.54. The summed E-state index contributed by atoms with van der Waals surface area (Å²) in [5.74, 6) is -6.76. The average molecular weight is 310 g/mol. The molecule has 1 rings (SSSR count). The maximum absolute atomic E-state index is 13.6. The molecule has 0 saturated carbocycles. The third kappa shape index (κ3) is 3.88. The average Bonchev–Trinajstić information content (AvgIpc) is 2.38. The fourth-order valence-electron chi connectivity index (χ4n) is 1.40. The summed E-state index contributed by atoms with van der Waals surface area (Å²) in [5.41, 5.74) is 5.22. The zero-order chi connectivity index (χ0) is 14.6. The molecule has 1 aromatic rings. The van der Waals surface area contributed by atoms with E-state index in [1.165, 1.54) is 6.92 Å². The van der Waals surface area contributed by atoms with Gasteiger partial charge in [-0.25, -0.2) is 9.59 Å². The molecule has 0 unspecified atom stereocenters. The van der Waals surface area contributed by atoms with E-state index in [9.17, 15) is 18.4 Å². The van der Waals surface area contributed by atoms with E-state index in [1.54, 1.807) is 0 Å². The van der Waals surface area contributed by atoms with E-state index < -0.39 is 23.9 Å². The van der Waals surface area contributed by atoms with E-state index in [-0.39, 0.29) is 30.1 Å². The van der Waals surface area contributed by atoms with Crippen molar-refractivity contribution in [2.75, 3.05) is 6.61 Å². The van der Waals surface area contributed by atoms with Gasteiger partial charge >= 0.3 is 17.9 Å². The van der Waals surface area contributed by atoms with Gasteiger partial charge in [0.2, 0.25) is 0 Å². The molecule has 1 atom stereocenters. The van der Waals surface area contributed by atoms with Gasteiger partial charge in [0.15, 0.2) is 0 Å². The van der Waals surface area contributed by atoms with Crippen LogP contribution in [0.4, 0.5) is 8.78 Å². The highest BCUT2D eigenvalue weighted by Gasteiger charge is 2.47. The summed E-state index contributed by atoms with van der Waals surface area (Å²) in [4.78, 5) is 21.7. The Bertz CT molecular complexity index is 479. The number of carboxylic acid groups (broad SMARTS) is 1. The van der Waals surface area contributed by atoms with Crippen molar-refractivity contribution >= 4 is 24.3 Å². The van der Waals surface area contributed by atoms with Gasteiger partial charge in [0.25, 0.3) is 0 Å². The molecule has 3 N–H and O–H groups in total. The van der Waals surface area contributed by atoms with E-state index in [4.69, 9.17) is 10.8 Å². The summed E-state index contributed by atoms with van der Waals surface area (Å²) in [6.07, 6.45) is 0. The van der Waals surface area contributed by atoms with E-state index in [0.717, 1.165) is 24.3 Å². The molecule has 0 aliphatic carbocycles. The Labute approximate surface area is 120 Å². The third-order valence-corrected chi connectivity index (χ3v) is 2.45. The van der Waals surface area contributed by atoms with Gasteiger partial charge < -0.3 is 15.6 Å². The minimum atomic E-state index is -3.87. The van der Waals surface area contributed by atoms with Gasteiger partial charge in [-0.3, -0.25) is 0 Å². The predicted octanol–water partition coefficient (Wildman–Crippen LogP) is 2.00. The number of carbonyl (C=O) groups excluding carboxylic acids is 1. The molecule has 0 bridgehead atoms. The van der Waals surface area contributed by atoms with Gasteiger partial charge in [0.05, 0.1) is 12.2 Å². The fraction of sp³-hybridized carbons (Fsp3) is 0.333. The summed E-state index contributed by atoms with van der Waals surface area (Å²) in [6.45, 7) is 1.22. The van der Waals surface area contributed by atoms with Crippen molar-refractivity contribution in [3.63, 3.8) is 0 Å². The number of nitrogens with two attached hydrogens (primary N) is 1. The van der Waals surface area contributed by atoms with Crippen LogP contribution in [-0.4, -0.2) is 29.6 Å². The van der Waals surface area contributed by atoms with Crippen LogP contribution in [0.1, 0.15) is 28.9 Å². The molecule has 20 heavy (non-hydrogen) atoms. The molecular weight excluding hydrogens is 296 g/mol. The molecule has 0 radical (unpaired) electrons. The molecule has 0 heterocycles. The van der Waals surface area contributed by atoms with E-state index in [1.807, 2.05) is 0 Å². The van der Waals surface area contributed by atoms with Crippen LogP contribution in [0.5, 0.6) is 0 Å². The molecule has 0 amide bonds. The van der Waals surface area contributed by atoms with Crippen molar-refractivity contribution in [1.29, 1.82) is 0 Å². The highest BCUT2D eigenvalue weighted by molar-refractivity contribution is 5.87. The van der Waals surface area contributed by atoms with Crippen molar-refractivity contribution in [2.24, 2.45) is 5.73 Å². The lowest BCUT2D eigenvalue weighted by atomic mass is 10.00. The first-order chi connectivity index (χ1) is 8.80. The maximum Gasteiger partial charge on any atom is 0.379 e. The standard InChI is InChI=1S/C12H13F2NO4.ClH/c1-2-19-11(18)12(13,14)9(15)7-3-5-8(6-4-7)10(16)17;/h3-6,9H,2,15H2,1H3,(H,16,17);1H/t9-;/m0./s1. The summed E-state index contributed by atoms with van der Waals surface area (Å²) in [6, 6.07) is 2.66. The number of benzene rings is 1. The largest absolute Gasteiger partial charge is 0.478 e. The number of esters is 1. The topological polar surface area (TPSA) is 89.6 Å². The smallest absolute Gasteiger partial charge is 0.379 e. The number of halogens is 3. The van der Waals surface area contributed by atoms with E-state index in [2.05, 4.69) is 4.74 Å². The molecule has 0 saturated heterocycles. The fourth-order valence-corrected chi connectivity index (χ4v) is 1.40. The molecular formula is C12H14ClF2NO4. The lowest BCUT2D eigenvalue weighted by molar-refractivity contribution is -0.174. The van der Waals surface area contributed by atoms with Gasteiger partial charge in [-0.15, -0.1) is 12.4 Å². The highest BCUT2D eigenvalue weighted by Crippen LogP contribution is 2.30. The lowest BCUT2D eigenvalue weighted by Gasteiger charge is -2.21. The van der Waals surface area contributed by atoms with Crippen LogP contribution < -0.4 is 5.73 Å². The number of hydrogen-bond donors (Lipinski definition) is 2. The first kappa shape index (κ1) is 18.3. The van der Waals surface area contributed by atoms with Crippen molar-refractivity contribution in [1.82, 2.24) is 0 Å². The molecule has 112 valence electrons. The summed E-state index contributed by atoms with van der Waals surface area (Å²) < 4.78 is 31.5. The van der Waals surface area contributed by atoms with Gasteiger partial charge in [-0.2, -0.15) is 8.78 Å². The van der Waals surface area contributed by atoms with Crippen molar-refractivity contribution in [2.45, 2.75) is 18.9 Å². The quantitative estimate of drug-likeness (QED) is 0.812. The van der Waals surface area contributed by atoms with E-state index in [0.29, 0.717) is 0 Å². The van der Waals surface area contributed by atoms with Crippen LogP contribution in [0.25, 0.3) is 0 Å². The first-order valence-electron chi connectivity index (χ1n) is 5.44. The molecule has 1 aromatic carbocycles. The zero-order valence-electron chi connectivity index (χ0n) is 10.5. The second kappa shape index (κ2) is 7.16. The number of alkyl halides is 2. The number of rotatable bonds is 5. The summed E-state index contributed by atoms with van der Waals surface area (Å²) in [7, 11) is 0. The number of aromatic carboxylic acids is 1. The van der Waals surface area contributed by atoms with Crippen LogP contribution in [0.2, 0.25) is 0 Å². The normalized spacial score (nSPS) is 12.2. The zero-order valence-corrected chi connectivity index (χ0v) is 11.3. The number of carboxylic acids is 1. The molecule has 0 aliphatic heterocycles. The lowest BCUT2D eigenvalue weighted by Crippen LogP contribution is -2.41. The van der Waals surface area contributed by atoms with Crippen molar-refractivity contribution in [3.8, 4) is 0 Å². The third-order valence-electron chi connectivity index (χ3n) is 2.45. The maximum atomic E-state index is 13.6. The Balaban J connectivity index is 0.00000361. The second-order valence-corrected chi connectivity index (χ2v) is 3.75. The number of ether oxygens (including phenoxy) is 1. The summed E-state index contributed by atoms with van der Waals surface area (Å²) >= 11 is 0. The molecule has 0 spiro atoms. The SMILES string of the molecule is CCOC(=O)C(F)(F)[C@@H](N)c1ccc(C(=O)O)cc1.Cl. The summed E-state index contributed by atoms with van der Waals surface area (Å²) in [5, 5.41) is 8.68. The van der Waals surface area contributed by atoms with Crippen LogP contribution in [0, 0.1) is 0 Å². The first-order valence-corrected chi connectivity index (χ1v) is 5.44. The second-order valence-electron chi connectivity index (χ2n) is 3.75. The molecule has 0 aliphatic rings. The number of carbonyl (C=O) groups is 2. The Hall–Kier alpha value is -1.73. The molecule has 0 aromatic heterocycles. The van der Waals surface area contributed by atoms with Gasteiger partial charge in [0.1, 0.15) is 6.04 Å². The number of hydrogen-bond acceptors (Lipinski definition) is 4.